The molecule has 1 atom stereocenters. The van der Waals surface area contributed by atoms with E-state index >= 15 is 0 Å². The average Bonchev–Trinajstić information content (AvgIpc) is 2.98. The van der Waals surface area contributed by atoms with Crippen molar-refractivity contribution in [1.82, 2.24) is 4.98 Å². The van der Waals surface area contributed by atoms with Crippen LogP contribution in [0.1, 0.15) is 23.4 Å². The van der Waals surface area contributed by atoms with Gasteiger partial charge in [0.25, 0.3) is 0 Å². The van der Waals surface area contributed by atoms with Crippen LogP contribution in [-0.4, -0.2) is 23.6 Å². The van der Waals surface area contributed by atoms with Crippen molar-refractivity contribution >= 4 is 34.2 Å². The number of ether oxygens (including phenoxy) is 1. The van der Waals surface area contributed by atoms with Gasteiger partial charge in [-0.3, -0.25) is 0 Å². The molecule has 0 aliphatic rings. The first-order valence-electron chi connectivity index (χ1n) is 6.23. The maximum absolute atomic E-state index is 5.75. The molecule has 1 aromatic carbocycles. The summed E-state index contributed by atoms with van der Waals surface area (Å²) in [6, 6.07) is 5.63. The molecule has 106 valence electrons. The second-order valence-corrected chi connectivity index (χ2v) is 5.79. The molecule has 1 heterocycles. The molecule has 0 aliphatic carbocycles. The topological polar surface area (TPSA) is 60.2 Å². The van der Waals surface area contributed by atoms with Crippen molar-refractivity contribution in [3.05, 3.63) is 40.3 Å². The molecule has 0 amide bonds. The summed E-state index contributed by atoms with van der Waals surface area (Å²) in [5.74, 6) is 1.09. The molecule has 0 spiro atoms. The fourth-order valence-electron chi connectivity index (χ4n) is 1.84. The number of hydrogen-bond acceptors (Lipinski definition) is 5. The summed E-state index contributed by atoms with van der Waals surface area (Å²) in [7, 11) is 1.64. The molecule has 0 fully saturated rings. The number of anilines is 1. The first-order valence-corrected chi connectivity index (χ1v) is 7.51. The molecular formula is C14H17N3OS2. The van der Waals surface area contributed by atoms with E-state index in [-0.39, 0.29) is 0 Å². The summed E-state index contributed by atoms with van der Waals surface area (Å²) >= 11 is 6.73. The number of benzene rings is 1. The Hall–Kier alpha value is -1.66. The van der Waals surface area contributed by atoms with Crippen molar-refractivity contribution in [3.63, 3.8) is 0 Å². The van der Waals surface area contributed by atoms with Crippen LogP contribution in [0.15, 0.2) is 29.8 Å². The minimum absolute atomic E-state index is 0.320. The lowest BCUT2D eigenvalue weighted by Gasteiger charge is -2.15. The molecule has 4 nitrogen and oxygen atoms in total. The van der Waals surface area contributed by atoms with Gasteiger partial charge < -0.3 is 15.8 Å². The van der Waals surface area contributed by atoms with Crippen molar-refractivity contribution in [2.75, 3.05) is 19.0 Å². The van der Waals surface area contributed by atoms with Crippen LogP contribution in [0.5, 0.6) is 5.75 Å². The minimum Gasteiger partial charge on any atom is -0.497 e. The van der Waals surface area contributed by atoms with Gasteiger partial charge in [-0.2, -0.15) is 0 Å². The quantitative estimate of drug-likeness (QED) is 0.803. The monoisotopic (exact) mass is 307 g/mol. The van der Waals surface area contributed by atoms with E-state index in [4.69, 9.17) is 22.7 Å². The third kappa shape index (κ3) is 3.46. The number of nitrogens with two attached hydrogens (primary N) is 1. The Labute approximate surface area is 128 Å². The van der Waals surface area contributed by atoms with Crippen LogP contribution >= 0.6 is 23.6 Å². The fraction of sp³-hybridized carbons (Fsp3) is 0.286. The second-order valence-electron chi connectivity index (χ2n) is 4.43. The lowest BCUT2D eigenvalue weighted by Crippen LogP contribution is -2.16. The number of nitrogens with zero attached hydrogens (tertiary/aromatic N) is 1. The van der Waals surface area contributed by atoms with Gasteiger partial charge in [0.15, 0.2) is 0 Å². The molecule has 0 bridgehead atoms. The molecule has 0 saturated heterocycles. The number of methoxy groups -OCH3 is 1. The normalized spacial score (nSPS) is 11.9. The third-order valence-corrected chi connectivity index (χ3v) is 4.19. The summed E-state index contributed by atoms with van der Waals surface area (Å²) in [4.78, 5) is 4.70. The van der Waals surface area contributed by atoms with E-state index in [9.17, 15) is 0 Å². The van der Waals surface area contributed by atoms with Gasteiger partial charge in [-0.15, -0.1) is 11.3 Å². The van der Waals surface area contributed by atoms with Gasteiger partial charge in [-0.1, -0.05) is 19.1 Å². The molecule has 1 unspecified atom stereocenters. The highest BCUT2D eigenvalue weighted by Crippen LogP contribution is 2.24. The van der Waals surface area contributed by atoms with Gasteiger partial charge in [0.1, 0.15) is 10.7 Å². The molecule has 2 rings (SSSR count). The highest BCUT2D eigenvalue weighted by Gasteiger charge is 2.11. The molecule has 0 radical (unpaired) electrons. The van der Waals surface area contributed by atoms with Crippen LogP contribution in [-0.2, 0) is 0 Å². The maximum atomic E-state index is 5.75. The zero-order chi connectivity index (χ0) is 14.5. The fourth-order valence-corrected chi connectivity index (χ4v) is 2.72. The second kappa shape index (κ2) is 6.67. The molecule has 0 saturated carbocycles. The minimum atomic E-state index is 0.320. The van der Waals surface area contributed by atoms with Crippen LogP contribution in [0.4, 0.5) is 5.69 Å². The molecule has 6 heteroatoms. The zero-order valence-electron chi connectivity index (χ0n) is 11.4. The predicted octanol–water partition coefficient (Wildman–Crippen LogP) is 3.00. The van der Waals surface area contributed by atoms with Crippen LogP contribution in [0.3, 0.4) is 0 Å². The number of hydrogen-bond donors (Lipinski definition) is 2. The van der Waals surface area contributed by atoms with Gasteiger partial charge >= 0.3 is 0 Å². The van der Waals surface area contributed by atoms with E-state index in [2.05, 4.69) is 17.2 Å². The Balaban J connectivity index is 2.13. The Morgan fingerprint density at radius 2 is 2.35 bits per heavy atom. The van der Waals surface area contributed by atoms with E-state index in [0.717, 1.165) is 28.6 Å². The van der Waals surface area contributed by atoms with Crippen molar-refractivity contribution in [3.8, 4) is 5.75 Å². The van der Waals surface area contributed by atoms with Crippen molar-refractivity contribution in [1.29, 1.82) is 0 Å². The van der Waals surface area contributed by atoms with Gasteiger partial charge in [-0.05, 0) is 12.1 Å². The third-order valence-electron chi connectivity index (χ3n) is 2.96. The zero-order valence-corrected chi connectivity index (χ0v) is 13.1. The van der Waals surface area contributed by atoms with Crippen LogP contribution in [0.25, 0.3) is 0 Å². The van der Waals surface area contributed by atoms with Gasteiger partial charge in [0.2, 0.25) is 0 Å². The number of nitrogens with one attached hydrogen (secondary N) is 1. The molecule has 3 N–H and O–H groups in total. The van der Waals surface area contributed by atoms with Crippen LogP contribution in [0, 0.1) is 0 Å². The number of thiazole rings is 1. The largest absolute Gasteiger partial charge is 0.497 e. The molecule has 2 aromatic rings. The Kier molecular flexibility index (Phi) is 4.92. The standard InChI is InChI=1S/C14H17N3OS2/c1-9(14-16-5-6-20-14)8-17-12-7-10(18-2)3-4-11(12)13(15)19/h3-7,9,17H,8H2,1-2H3,(H2,15,19). The van der Waals surface area contributed by atoms with Gasteiger partial charge in [0, 0.05) is 41.4 Å². The Morgan fingerprint density at radius 1 is 1.55 bits per heavy atom. The molecular weight excluding hydrogens is 290 g/mol. The Morgan fingerprint density at radius 3 is 2.95 bits per heavy atom. The summed E-state index contributed by atoms with van der Waals surface area (Å²) < 4.78 is 5.23. The molecule has 1 aromatic heterocycles. The highest BCUT2D eigenvalue weighted by molar-refractivity contribution is 7.80. The summed E-state index contributed by atoms with van der Waals surface area (Å²) in [5, 5.41) is 6.47. The highest BCUT2D eigenvalue weighted by atomic mass is 32.1. The van der Waals surface area contributed by atoms with Gasteiger partial charge in [0.05, 0.1) is 12.1 Å². The Bertz CT molecular complexity index is 584. The van der Waals surface area contributed by atoms with Crippen LogP contribution < -0.4 is 15.8 Å². The van der Waals surface area contributed by atoms with E-state index in [1.807, 2.05) is 29.8 Å². The van der Waals surface area contributed by atoms with Crippen LogP contribution in [0.2, 0.25) is 0 Å². The number of thiocarbonyl (C=S) groups is 1. The van der Waals surface area contributed by atoms with Crippen molar-refractivity contribution < 1.29 is 4.74 Å². The van der Waals surface area contributed by atoms with E-state index in [1.54, 1.807) is 18.4 Å². The SMILES string of the molecule is COc1ccc(C(N)=S)c(NCC(C)c2nccs2)c1. The summed E-state index contributed by atoms with van der Waals surface area (Å²) in [5.41, 5.74) is 7.46. The van der Waals surface area contributed by atoms with E-state index < -0.39 is 0 Å². The lowest BCUT2D eigenvalue weighted by atomic mass is 10.1. The lowest BCUT2D eigenvalue weighted by molar-refractivity contribution is 0.415. The first-order chi connectivity index (χ1) is 9.61. The van der Waals surface area contributed by atoms with E-state index in [1.165, 1.54) is 0 Å². The summed E-state index contributed by atoms with van der Waals surface area (Å²) in [6.07, 6.45) is 1.82. The average molecular weight is 307 g/mol. The maximum Gasteiger partial charge on any atom is 0.120 e. The van der Waals surface area contributed by atoms with Crippen molar-refractivity contribution in [2.24, 2.45) is 5.73 Å². The predicted molar refractivity (Wildman–Crippen MR) is 87.9 cm³/mol. The smallest absolute Gasteiger partial charge is 0.120 e. The number of rotatable bonds is 6. The molecule has 0 aliphatic heterocycles. The van der Waals surface area contributed by atoms with Crippen molar-refractivity contribution in [2.45, 2.75) is 12.8 Å². The first kappa shape index (κ1) is 14.7. The summed E-state index contributed by atoms with van der Waals surface area (Å²) in [6.45, 7) is 2.89. The number of aromatic nitrogens is 1. The molecule has 20 heavy (non-hydrogen) atoms. The van der Waals surface area contributed by atoms with Gasteiger partial charge in [-0.25, -0.2) is 4.98 Å². The van der Waals surface area contributed by atoms with E-state index in [0.29, 0.717) is 10.9 Å².